The highest BCUT2D eigenvalue weighted by molar-refractivity contribution is 6.35. The van der Waals surface area contributed by atoms with Gasteiger partial charge in [-0.05, 0) is 37.3 Å². The van der Waals surface area contributed by atoms with Crippen LogP contribution in [0.2, 0.25) is 10.0 Å². The Morgan fingerprint density at radius 1 is 1.19 bits per heavy atom. The fourth-order valence-electron chi connectivity index (χ4n) is 1.96. The van der Waals surface area contributed by atoms with E-state index in [-0.39, 0.29) is 5.75 Å². The first-order valence-electron chi connectivity index (χ1n) is 7.53. The quantitative estimate of drug-likeness (QED) is 0.570. The van der Waals surface area contributed by atoms with Crippen molar-refractivity contribution < 1.29 is 23.9 Å². The summed E-state index contributed by atoms with van der Waals surface area (Å²) in [5.74, 6) is -1.08. The van der Waals surface area contributed by atoms with Crippen LogP contribution in [0.15, 0.2) is 42.5 Å². The summed E-state index contributed by atoms with van der Waals surface area (Å²) in [6.07, 6.45) is -0.465. The molecule has 0 spiro atoms. The summed E-state index contributed by atoms with van der Waals surface area (Å²) in [5, 5.41) is 3.23. The minimum absolute atomic E-state index is 0.252. The predicted octanol–water partition coefficient (Wildman–Crippen LogP) is 3.76. The topological polar surface area (TPSA) is 81.7 Å². The number of amides is 1. The van der Waals surface area contributed by atoms with Crippen LogP contribution in [0.5, 0.6) is 5.75 Å². The number of rotatable bonds is 7. The molecule has 1 N–H and O–H groups in total. The zero-order valence-corrected chi connectivity index (χ0v) is 15.2. The van der Waals surface area contributed by atoms with Gasteiger partial charge in [-0.1, -0.05) is 35.3 Å². The maximum atomic E-state index is 12.1. The van der Waals surface area contributed by atoms with Gasteiger partial charge in [-0.3, -0.25) is 9.59 Å². The minimum Gasteiger partial charge on any atom is -0.481 e. The molecule has 0 heterocycles. The van der Waals surface area contributed by atoms with Crippen LogP contribution in [0, 0.1) is 0 Å². The van der Waals surface area contributed by atoms with Gasteiger partial charge >= 0.3 is 5.97 Å². The van der Waals surface area contributed by atoms with E-state index in [0.717, 1.165) is 0 Å². The second-order valence-corrected chi connectivity index (χ2v) is 6.03. The average molecular weight is 396 g/mol. The van der Waals surface area contributed by atoms with Crippen molar-refractivity contribution in [2.75, 3.05) is 11.9 Å². The van der Waals surface area contributed by atoms with E-state index >= 15 is 0 Å². The highest BCUT2D eigenvalue weighted by atomic mass is 35.5. The molecule has 0 aliphatic heterocycles. The number of hydrogen-bond donors (Lipinski definition) is 1. The van der Waals surface area contributed by atoms with Crippen LogP contribution >= 0.6 is 23.2 Å². The lowest BCUT2D eigenvalue weighted by Gasteiger charge is -2.15. The van der Waals surface area contributed by atoms with Gasteiger partial charge in [0.1, 0.15) is 5.75 Å². The number of benzene rings is 2. The summed E-state index contributed by atoms with van der Waals surface area (Å²) in [6.45, 7) is 0.964. The lowest BCUT2D eigenvalue weighted by atomic mass is 10.2. The number of para-hydroxylation sites is 1. The summed E-state index contributed by atoms with van der Waals surface area (Å²) in [6, 6.07) is 11.0. The maximum Gasteiger partial charge on any atom is 0.344 e. The molecule has 2 rings (SSSR count). The Hall–Kier alpha value is -2.57. The van der Waals surface area contributed by atoms with Crippen molar-refractivity contribution in [1.82, 2.24) is 0 Å². The van der Waals surface area contributed by atoms with Crippen molar-refractivity contribution in [2.24, 2.45) is 0 Å². The molecule has 136 valence electrons. The Bertz CT molecular complexity index is 825. The zero-order valence-electron chi connectivity index (χ0n) is 13.7. The van der Waals surface area contributed by atoms with E-state index in [0.29, 0.717) is 27.6 Å². The van der Waals surface area contributed by atoms with Gasteiger partial charge in [0.05, 0.1) is 16.3 Å². The van der Waals surface area contributed by atoms with E-state index in [2.05, 4.69) is 5.32 Å². The maximum absolute atomic E-state index is 12.1. The Kier molecular flexibility index (Phi) is 7.00. The van der Waals surface area contributed by atoms with Gasteiger partial charge in [-0.15, -0.1) is 0 Å². The summed E-state index contributed by atoms with van der Waals surface area (Å²) < 4.78 is 10.3. The highest BCUT2D eigenvalue weighted by Gasteiger charge is 2.19. The number of esters is 1. The normalized spacial score (nSPS) is 11.3. The molecule has 0 aliphatic rings. The van der Waals surface area contributed by atoms with Crippen molar-refractivity contribution in [3.63, 3.8) is 0 Å². The van der Waals surface area contributed by atoms with E-state index in [4.69, 9.17) is 32.7 Å². The van der Waals surface area contributed by atoms with Gasteiger partial charge in [-0.25, -0.2) is 4.79 Å². The smallest absolute Gasteiger partial charge is 0.344 e. The largest absolute Gasteiger partial charge is 0.481 e. The fourth-order valence-corrected chi connectivity index (χ4v) is 2.30. The molecule has 26 heavy (non-hydrogen) atoms. The lowest BCUT2D eigenvalue weighted by molar-refractivity contribution is -0.155. The second-order valence-electron chi connectivity index (χ2n) is 5.19. The molecule has 0 unspecified atom stereocenters. The van der Waals surface area contributed by atoms with Crippen LogP contribution < -0.4 is 10.1 Å². The average Bonchev–Trinajstić information content (AvgIpc) is 2.63. The molecule has 0 radical (unpaired) electrons. The lowest BCUT2D eigenvalue weighted by Crippen LogP contribution is -2.31. The molecule has 1 amide bonds. The molecule has 0 aliphatic carbocycles. The Morgan fingerprint density at radius 3 is 2.65 bits per heavy atom. The number of carbonyl (C=O) groups excluding carboxylic acids is 3. The molecule has 1 atom stereocenters. The number of nitrogens with one attached hydrogen (secondary N) is 1. The van der Waals surface area contributed by atoms with Crippen LogP contribution in [-0.4, -0.2) is 30.9 Å². The minimum atomic E-state index is -1.08. The summed E-state index contributed by atoms with van der Waals surface area (Å²) in [7, 11) is 0. The van der Waals surface area contributed by atoms with Gasteiger partial charge in [0, 0.05) is 5.02 Å². The first-order chi connectivity index (χ1) is 12.4. The Morgan fingerprint density at radius 2 is 1.92 bits per heavy atom. The van der Waals surface area contributed by atoms with E-state index in [1.807, 2.05) is 0 Å². The number of aldehydes is 1. The van der Waals surface area contributed by atoms with Crippen molar-refractivity contribution in [3.8, 4) is 5.75 Å². The molecule has 0 aromatic heterocycles. The summed E-state index contributed by atoms with van der Waals surface area (Å²) >= 11 is 11.8. The third kappa shape index (κ3) is 5.47. The van der Waals surface area contributed by atoms with Crippen LogP contribution in [0.25, 0.3) is 0 Å². The van der Waals surface area contributed by atoms with E-state index < -0.39 is 24.6 Å². The number of anilines is 1. The van der Waals surface area contributed by atoms with Gasteiger partial charge < -0.3 is 14.8 Å². The van der Waals surface area contributed by atoms with Gasteiger partial charge in [0.2, 0.25) is 0 Å². The number of halogens is 2. The molecule has 0 fully saturated rings. The molecular formula is C18H15Cl2NO5. The van der Waals surface area contributed by atoms with E-state index in [1.165, 1.54) is 19.1 Å². The molecule has 2 aromatic carbocycles. The predicted molar refractivity (Wildman–Crippen MR) is 98.0 cm³/mol. The molecular weight excluding hydrogens is 381 g/mol. The van der Waals surface area contributed by atoms with E-state index in [9.17, 15) is 14.4 Å². The van der Waals surface area contributed by atoms with Gasteiger partial charge in [0.15, 0.2) is 19.0 Å². The third-order valence-electron chi connectivity index (χ3n) is 3.26. The third-order valence-corrected chi connectivity index (χ3v) is 3.82. The van der Waals surface area contributed by atoms with Crippen LogP contribution in [-0.2, 0) is 14.3 Å². The highest BCUT2D eigenvalue weighted by Crippen LogP contribution is 2.25. The molecule has 6 nitrogen and oxygen atoms in total. The number of carbonyl (C=O) groups is 3. The first kappa shape index (κ1) is 19.8. The van der Waals surface area contributed by atoms with Crippen LogP contribution in [0.1, 0.15) is 17.3 Å². The van der Waals surface area contributed by atoms with Gasteiger partial charge in [0.25, 0.3) is 5.91 Å². The monoisotopic (exact) mass is 395 g/mol. The van der Waals surface area contributed by atoms with Crippen molar-refractivity contribution >= 4 is 47.1 Å². The van der Waals surface area contributed by atoms with Crippen molar-refractivity contribution in [2.45, 2.75) is 13.0 Å². The fraction of sp³-hybridized carbons (Fsp3) is 0.167. The zero-order chi connectivity index (χ0) is 19.1. The van der Waals surface area contributed by atoms with Crippen LogP contribution in [0.3, 0.4) is 0 Å². The molecule has 8 heteroatoms. The molecule has 2 aromatic rings. The number of hydrogen-bond acceptors (Lipinski definition) is 5. The van der Waals surface area contributed by atoms with Gasteiger partial charge in [-0.2, -0.15) is 0 Å². The molecule has 0 saturated carbocycles. The SMILES string of the molecule is C[C@H](OC(=O)COc1ccccc1C=O)C(=O)Nc1cc(Cl)ccc1Cl. The summed E-state index contributed by atoms with van der Waals surface area (Å²) in [5.41, 5.74) is 0.616. The summed E-state index contributed by atoms with van der Waals surface area (Å²) in [4.78, 5) is 34.8. The van der Waals surface area contributed by atoms with Crippen LogP contribution in [0.4, 0.5) is 5.69 Å². The first-order valence-corrected chi connectivity index (χ1v) is 8.28. The number of ether oxygens (including phenoxy) is 2. The molecule has 0 saturated heterocycles. The van der Waals surface area contributed by atoms with Crippen molar-refractivity contribution in [1.29, 1.82) is 0 Å². The van der Waals surface area contributed by atoms with E-state index in [1.54, 1.807) is 30.3 Å². The van der Waals surface area contributed by atoms with Crippen molar-refractivity contribution in [3.05, 3.63) is 58.1 Å². The Labute approximate surface area is 160 Å². The molecule has 0 bridgehead atoms. The second kappa shape index (κ2) is 9.22. The Balaban J connectivity index is 1.89. The standard InChI is InChI=1S/C18H15Cl2NO5/c1-11(18(24)21-15-8-13(19)6-7-14(15)20)26-17(23)10-25-16-5-3-2-4-12(16)9-22/h2-9,11H,10H2,1H3,(H,21,24)/t11-/m0/s1.